The number of hydrogen-bond acceptors (Lipinski definition) is 5. The van der Waals surface area contributed by atoms with Crippen molar-refractivity contribution in [1.29, 1.82) is 0 Å². The van der Waals surface area contributed by atoms with Gasteiger partial charge in [-0.15, -0.1) is 11.3 Å². The fourth-order valence-electron chi connectivity index (χ4n) is 2.74. The Bertz CT molecular complexity index is 1080. The van der Waals surface area contributed by atoms with Gasteiger partial charge in [0.1, 0.15) is 0 Å². The molecule has 6 nitrogen and oxygen atoms in total. The number of hydrogen-bond donors (Lipinski definition) is 2. The molecule has 0 radical (unpaired) electrons. The van der Waals surface area contributed by atoms with E-state index in [1.165, 1.54) is 0 Å². The lowest BCUT2D eigenvalue weighted by Gasteiger charge is -2.07. The molecule has 3 rings (SSSR count). The molecule has 0 fully saturated rings. The normalized spacial score (nSPS) is 11.2. The quantitative estimate of drug-likeness (QED) is 0.636. The Kier molecular flexibility index (Phi) is 5.81. The van der Waals surface area contributed by atoms with Gasteiger partial charge in [0, 0.05) is 11.1 Å². The minimum absolute atomic E-state index is 0.0652. The summed E-state index contributed by atoms with van der Waals surface area (Å²) in [5, 5.41) is 4.75. The molecule has 0 saturated carbocycles. The summed E-state index contributed by atoms with van der Waals surface area (Å²) in [7, 11) is -3.71. The number of sulfonamides is 1. The van der Waals surface area contributed by atoms with Crippen molar-refractivity contribution in [3.05, 3.63) is 70.2 Å². The molecule has 2 N–H and O–H groups in total. The largest absolute Gasteiger partial charge is 0.326 e. The second-order valence-corrected chi connectivity index (χ2v) is 9.20. The summed E-state index contributed by atoms with van der Waals surface area (Å²) in [5.74, 6) is -0.205. The van der Waals surface area contributed by atoms with Crippen LogP contribution in [-0.4, -0.2) is 19.3 Å². The van der Waals surface area contributed by atoms with Crippen LogP contribution in [-0.2, 0) is 21.2 Å². The lowest BCUT2D eigenvalue weighted by molar-refractivity contribution is -0.115. The first-order valence-corrected chi connectivity index (χ1v) is 11.0. The topological polar surface area (TPSA) is 88.2 Å². The molecule has 0 atom stereocenters. The highest BCUT2D eigenvalue weighted by Crippen LogP contribution is 2.21. The van der Waals surface area contributed by atoms with Crippen molar-refractivity contribution in [3.63, 3.8) is 0 Å². The molecule has 0 saturated heterocycles. The van der Waals surface area contributed by atoms with Crippen LogP contribution in [0.2, 0.25) is 0 Å². The Morgan fingerprint density at radius 2 is 1.64 bits per heavy atom. The Labute approximate surface area is 168 Å². The van der Waals surface area contributed by atoms with Crippen molar-refractivity contribution >= 4 is 38.1 Å². The number of anilines is 2. The van der Waals surface area contributed by atoms with Crippen molar-refractivity contribution in [3.8, 4) is 0 Å². The Morgan fingerprint density at radius 1 is 1.00 bits per heavy atom. The average Bonchev–Trinajstić information content (AvgIpc) is 3.00. The zero-order chi connectivity index (χ0) is 20.3. The molecule has 0 aliphatic heterocycles. The van der Waals surface area contributed by atoms with Crippen LogP contribution in [0.4, 0.5) is 10.8 Å². The summed E-state index contributed by atoms with van der Waals surface area (Å²) in [6.45, 7) is 5.82. The van der Waals surface area contributed by atoms with Crippen molar-refractivity contribution in [1.82, 2.24) is 4.98 Å². The summed E-state index contributed by atoms with van der Waals surface area (Å²) in [6.07, 6.45) is 0.0652. The lowest BCUT2D eigenvalue weighted by Crippen LogP contribution is -2.15. The van der Waals surface area contributed by atoms with Gasteiger partial charge >= 0.3 is 0 Å². The molecule has 3 aromatic rings. The number of carbonyl (C=O) groups is 1. The van der Waals surface area contributed by atoms with Gasteiger partial charge in [-0.1, -0.05) is 23.8 Å². The number of benzene rings is 2. The van der Waals surface area contributed by atoms with Crippen LogP contribution in [0.5, 0.6) is 0 Å². The first-order valence-electron chi connectivity index (χ1n) is 8.63. The van der Waals surface area contributed by atoms with E-state index in [0.29, 0.717) is 5.69 Å². The molecule has 1 aromatic heterocycles. The van der Waals surface area contributed by atoms with Crippen molar-refractivity contribution in [2.45, 2.75) is 32.1 Å². The minimum Gasteiger partial charge on any atom is -0.326 e. The van der Waals surface area contributed by atoms with Crippen molar-refractivity contribution < 1.29 is 13.2 Å². The zero-order valence-electron chi connectivity index (χ0n) is 15.8. The maximum absolute atomic E-state index is 12.4. The van der Waals surface area contributed by atoms with E-state index in [9.17, 15) is 13.2 Å². The van der Waals surface area contributed by atoms with Gasteiger partial charge in [0.2, 0.25) is 5.91 Å². The van der Waals surface area contributed by atoms with Gasteiger partial charge in [0.25, 0.3) is 10.0 Å². The van der Waals surface area contributed by atoms with Crippen molar-refractivity contribution in [2.24, 2.45) is 0 Å². The van der Waals surface area contributed by atoms with Gasteiger partial charge in [0.15, 0.2) is 5.13 Å². The third-order valence-corrected chi connectivity index (χ3v) is 6.24. The molecule has 0 aliphatic rings. The Balaban J connectivity index is 1.65. The van der Waals surface area contributed by atoms with Crippen LogP contribution in [0.25, 0.3) is 0 Å². The maximum atomic E-state index is 12.4. The molecule has 146 valence electrons. The predicted octanol–water partition coefficient (Wildman–Crippen LogP) is 4.05. The van der Waals surface area contributed by atoms with Crippen molar-refractivity contribution in [2.75, 3.05) is 10.0 Å². The monoisotopic (exact) mass is 415 g/mol. The van der Waals surface area contributed by atoms with E-state index in [-0.39, 0.29) is 22.4 Å². The smallest absolute Gasteiger partial charge is 0.263 e. The van der Waals surface area contributed by atoms with Gasteiger partial charge in [-0.25, -0.2) is 13.4 Å². The molecule has 0 bridgehead atoms. The fraction of sp³-hybridized carbons (Fsp3) is 0.200. The van der Waals surface area contributed by atoms with E-state index in [1.807, 2.05) is 39.0 Å². The summed E-state index contributed by atoms with van der Waals surface area (Å²) in [5.41, 5.74) is 4.35. The molecule has 0 unspecified atom stereocenters. The molecule has 28 heavy (non-hydrogen) atoms. The van der Waals surface area contributed by atoms with Gasteiger partial charge in [0.05, 0.1) is 17.0 Å². The third kappa shape index (κ3) is 5.17. The number of aryl methyl sites for hydroxylation is 3. The fourth-order valence-corrected chi connectivity index (χ4v) is 4.71. The highest BCUT2D eigenvalue weighted by atomic mass is 32.2. The van der Waals surface area contributed by atoms with Crippen LogP contribution in [0.1, 0.15) is 22.4 Å². The summed E-state index contributed by atoms with van der Waals surface area (Å²) in [6, 6.07) is 12.4. The second kappa shape index (κ2) is 8.12. The molecule has 8 heteroatoms. The van der Waals surface area contributed by atoms with Crippen LogP contribution in [0, 0.1) is 20.8 Å². The third-order valence-electron chi connectivity index (χ3n) is 3.95. The number of thiazole rings is 1. The van der Waals surface area contributed by atoms with Crippen LogP contribution in [0.15, 0.2) is 52.7 Å². The lowest BCUT2D eigenvalue weighted by atomic mass is 10.1. The standard InChI is InChI=1S/C20H21N3O3S2/c1-13-4-6-18(7-5-13)28(25,26)23-20-22-17(12-27-20)11-19(24)21-16-9-14(2)8-15(3)10-16/h4-10,12H,11H2,1-3H3,(H,21,24)(H,22,23). The summed E-state index contributed by atoms with van der Waals surface area (Å²) < 4.78 is 27.3. The number of carbonyl (C=O) groups excluding carboxylic acids is 1. The predicted molar refractivity (Wildman–Crippen MR) is 112 cm³/mol. The van der Waals surface area contributed by atoms with E-state index in [0.717, 1.165) is 33.7 Å². The van der Waals surface area contributed by atoms with Crippen LogP contribution < -0.4 is 10.0 Å². The van der Waals surface area contributed by atoms with Crippen LogP contribution in [0.3, 0.4) is 0 Å². The number of amides is 1. The Morgan fingerprint density at radius 3 is 2.29 bits per heavy atom. The SMILES string of the molecule is Cc1ccc(S(=O)(=O)Nc2nc(CC(=O)Nc3cc(C)cc(C)c3)cs2)cc1. The van der Waals surface area contributed by atoms with Gasteiger partial charge in [-0.05, 0) is 56.2 Å². The van der Waals surface area contributed by atoms with E-state index in [2.05, 4.69) is 15.0 Å². The minimum atomic E-state index is -3.71. The highest BCUT2D eigenvalue weighted by Gasteiger charge is 2.16. The molecule has 0 spiro atoms. The summed E-state index contributed by atoms with van der Waals surface area (Å²) >= 11 is 1.15. The van der Waals surface area contributed by atoms with E-state index < -0.39 is 10.0 Å². The number of aromatic nitrogens is 1. The molecule has 1 amide bonds. The first kappa shape index (κ1) is 20.0. The van der Waals surface area contributed by atoms with Gasteiger partial charge in [-0.2, -0.15) is 0 Å². The molecule has 1 heterocycles. The van der Waals surface area contributed by atoms with E-state index in [4.69, 9.17) is 0 Å². The molecule has 0 aliphatic carbocycles. The number of rotatable bonds is 6. The number of nitrogens with one attached hydrogen (secondary N) is 2. The maximum Gasteiger partial charge on any atom is 0.263 e. The molecular formula is C20H21N3O3S2. The van der Waals surface area contributed by atoms with Gasteiger partial charge < -0.3 is 5.32 Å². The highest BCUT2D eigenvalue weighted by molar-refractivity contribution is 7.93. The Hall–Kier alpha value is -2.71. The average molecular weight is 416 g/mol. The van der Waals surface area contributed by atoms with E-state index >= 15 is 0 Å². The van der Waals surface area contributed by atoms with Gasteiger partial charge in [-0.3, -0.25) is 9.52 Å². The second-order valence-electron chi connectivity index (χ2n) is 6.66. The van der Waals surface area contributed by atoms with Crippen LogP contribution >= 0.6 is 11.3 Å². The number of nitrogens with zero attached hydrogens (tertiary/aromatic N) is 1. The zero-order valence-corrected chi connectivity index (χ0v) is 17.4. The summed E-state index contributed by atoms with van der Waals surface area (Å²) in [4.78, 5) is 16.7. The first-order chi connectivity index (χ1) is 13.2. The molecule has 2 aromatic carbocycles. The molecular weight excluding hydrogens is 394 g/mol. The van der Waals surface area contributed by atoms with E-state index in [1.54, 1.807) is 29.6 Å².